The second kappa shape index (κ2) is 5.53. The molecule has 0 unspecified atom stereocenters. The summed E-state index contributed by atoms with van der Waals surface area (Å²) in [5.74, 6) is 0. The molecule has 0 saturated heterocycles. The van der Waals surface area contributed by atoms with Crippen LogP contribution in [0.25, 0.3) is 0 Å². The molecule has 4 heteroatoms. The third kappa shape index (κ3) is 3.96. The Morgan fingerprint density at radius 3 is 2.16 bits per heavy atom. The third-order valence-electron chi connectivity index (χ3n) is 3.96. The van der Waals surface area contributed by atoms with Gasteiger partial charge in [-0.1, -0.05) is 31.4 Å². The van der Waals surface area contributed by atoms with Crippen LogP contribution in [0.15, 0.2) is 24.3 Å². The van der Waals surface area contributed by atoms with Crippen molar-refractivity contribution >= 4 is 0 Å². The molecule has 0 radical (unpaired) electrons. The summed E-state index contributed by atoms with van der Waals surface area (Å²) in [6, 6.07) is 5.42. The fourth-order valence-electron chi connectivity index (χ4n) is 2.64. The quantitative estimate of drug-likeness (QED) is 0.852. The lowest BCUT2D eigenvalue weighted by Gasteiger charge is -2.34. The Bertz CT molecular complexity index is 402. The first-order chi connectivity index (χ1) is 8.89. The van der Waals surface area contributed by atoms with Gasteiger partial charge >= 0.3 is 6.18 Å². The SMILES string of the molecule is CC1(NCc2ccc(C(F)(F)F)cc2)CCCCC1. The third-order valence-corrected chi connectivity index (χ3v) is 3.96. The van der Waals surface area contributed by atoms with Gasteiger partial charge in [0.05, 0.1) is 5.56 Å². The van der Waals surface area contributed by atoms with Gasteiger partial charge in [-0.2, -0.15) is 13.2 Å². The molecule has 1 N–H and O–H groups in total. The lowest BCUT2D eigenvalue weighted by molar-refractivity contribution is -0.137. The van der Waals surface area contributed by atoms with E-state index in [-0.39, 0.29) is 5.54 Å². The Hall–Kier alpha value is -1.03. The molecule has 2 rings (SSSR count). The highest BCUT2D eigenvalue weighted by atomic mass is 19.4. The number of hydrogen-bond acceptors (Lipinski definition) is 1. The average molecular weight is 271 g/mol. The van der Waals surface area contributed by atoms with E-state index >= 15 is 0 Å². The van der Waals surface area contributed by atoms with Crippen LogP contribution in [0, 0.1) is 0 Å². The number of hydrogen-bond donors (Lipinski definition) is 1. The van der Waals surface area contributed by atoms with Crippen LogP contribution in [0.1, 0.15) is 50.2 Å². The van der Waals surface area contributed by atoms with E-state index in [1.807, 2.05) is 0 Å². The van der Waals surface area contributed by atoms with E-state index in [4.69, 9.17) is 0 Å². The maximum absolute atomic E-state index is 12.4. The van der Waals surface area contributed by atoms with E-state index in [1.165, 1.54) is 19.3 Å². The largest absolute Gasteiger partial charge is 0.416 e. The second-order valence-electron chi connectivity index (χ2n) is 5.67. The fraction of sp³-hybridized carbons (Fsp3) is 0.600. The zero-order chi connectivity index (χ0) is 13.9. The Morgan fingerprint density at radius 1 is 1.05 bits per heavy atom. The highest BCUT2D eigenvalue weighted by Gasteiger charge is 2.30. The first-order valence-electron chi connectivity index (χ1n) is 6.80. The topological polar surface area (TPSA) is 12.0 Å². The normalized spacial score (nSPS) is 19.4. The van der Waals surface area contributed by atoms with Gasteiger partial charge in [0, 0.05) is 12.1 Å². The van der Waals surface area contributed by atoms with Crippen molar-refractivity contribution in [2.75, 3.05) is 0 Å². The molecule has 0 aromatic heterocycles. The van der Waals surface area contributed by atoms with Gasteiger partial charge in [-0.3, -0.25) is 0 Å². The molecule has 0 heterocycles. The second-order valence-corrected chi connectivity index (χ2v) is 5.67. The Balaban J connectivity index is 1.93. The van der Waals surface area contributed by atoms with Crippen molar-refractivity contribution in [1.29, 1.82) is 0 Å². The zero-order valence-corrected chi connectivity index (χ0v) is 11.2. The lowest BCUT2D eigenvalue weighted by atomic mass is 9.83. The molecule has 0 aliphatic heterocycles. The number of nitrogens with one attached hydrogen (secondary N) is 1. The summed E-state index contributed by atoms with van der Waals surface area (Å²) >= 11 is 0. The summed E-state index contributed by atoms with van der Waals surface area (Å²) in [6.45, 7) is 2.84. The predicted molar refractivity (Wildman–Crippen MR) is 69.8 cm³/mol. The van der Waals surface area contributed by atoms with E-state index in [0.29, 0.717) is 6.54 Å². The summed E-state index contributed by atoms with van der Waals surface area (Å²) < 4.78 is 37.3. The van der Waals surface area contributed by atoms with E-state index < -0.39 is 11.7 Å². The van der Waals surface area contributed by atoms with E-state index in [1.54, 1.807) is 12.1 Å². The molecule has 0 atom stereocenters. The van der Waals surface area contributed by atoms with Gasteiger partial charge in [-0.25, -0.2) is 0 Å². The molecule has 1 aliphatic carbocycles. The van der Waals surface area contributed by atoms with Gasteiger partial charge in [0.25, 0.3) is 0 Å². The maximum Gasteiger partial charge on any atom is 0.416 e. The van der Waals surface area contributed by atoms with Crippen molar-refractivity contribution in [3.63, 3.8) is 0 Å². The van der Waals surface area contributed by atoms with Gasteiger partial charge in [0.15, 0.2) is 0 Å². The predicted octanol–water partition coefficient (Wildman–Crippen LogP) is 4.52. The van der Waals surface area contributed by atoms with Gasteiger partial charge < -0.3 is 5.32 Å². The zero-order valence-electron chi connectivity index (χ0n) is 11.2. The molecule has 1 aromatic carbocycles. The van der Waals surface area contributed by atoms with Crippen LogP contribution in [-0.4, -0.2) is 5.54 Å². The fourth-order valence-corrected chi connectivity index (χ4v) is 2.64. The Kier molecular flexibility index (Phi) is 4.19. The monoisotopic (exact) mass is 271 g/mol. The molecule has 1 aliphatic rings. The molecule has 19 heavy (non-hydrogen) atoms. The van der Waals surface area contributed by atoms with Gasteiger partial charge in [0.2, 0.25) is 0 Å². The van der Waals surface area contributed by atoms with E-state index in [9.17, 15) is 13.2 Å². The van der Waals surface area contributed by atoms with Crippen molar-refractivity contribution in [3.8, 4) is 0 Å². The average Bonchev–Trinajstić information content (AvgIpc) is 2.37. The maximum atomic E-state index is 12.4. The molecule has 1 nitrogen and oxygen atoms in total. The number of benzene rings is 1. The molecule has 0 spiro atoms. The molecular weight excluding hydrogens is 251 g/mol. The van der Waals surface area contributed by atoms with Crippen molar-refractivity contribution in [3.05, 3.63) is 35.4 Å². The van der Waals surface area contributed by atoms with Crippen LogP contribution in [0.5, 0.6) is 0 Å². The first kappa shape index (κ1) is 14.4. The highest BCUT2D eigenvalue weighted by molar-refractivity contribution is 5.24. The van der Waals surface area contributed by atoms with Crippen molar-refractivity contribution in [1.82, 2.24) is 5.32 Å². The summed E-state index contributed by atoms with van der Waals surface area (Å²) in [6.07, 6.45) is 1.80. The van der Waals surface area contributed by atoms with Crippen LogP contribution >= 0.6 is 0 Å². The molecule has 106 valence electrons. The summed E-state index contributed by atoms with van der Waals surface area (Å²) in [7, 11) is 0. The highest BCUT2D eigenvalue weighted by Crippen LogP contribution is 2.30. The minimum Gasteiger partial charge on any atom is -0.307 e. The Morgan fingerprint density at radius 2 is 1.63 bits per heavy atom. The minimum absolute atomic E-state index is 0.140. The minimum atomic E-state index is -4.25. The van der Waals surface area contributed by atoms with Gasteiger partial charge in [-0.15, -0.1) is 0 Å². The molecule has 1 saturated carbocycles. The van der Waals surface area contributed by atoms with Crippen LogP contribution in [0.2, 0.25) is 0 Å². The lowest BCUT2D eigenvalue weighted by Crippen LogP contribution is -2.43. The van der Waals surface area contributed by atoms with Gasteiger partial charge in [0.1, 0.15) is 0 Å². The van der Waals surface area contributed by atoms with Crippen LogP contribution in [0.3, 0.4) is 0 Å². The summed E-state index contributed by atoms with van der Waals surface area (Å²) in [5, 5.41) is 3.49. The standard InChI is InChI=1S/C15H20F3N/c1-14(9-3-2-4-10-14)19-11-12-5-7-13(8-6-12)15(16,17)18/h5-8,19H,2-4,9-11H2,1H3. The van der Waals surface area contributed by atoms with Crippen LogP contribution < -0.4 is 5.32 Å². The molecular formula is C15H20F3N. The van der Waals surface area contributed by atoms with Crippen LogP contribution in [0.4, 0.5) is 13.2 Å². The van der Waals surface area contributed by atoms with Crippen molar-refractivity contribution in [2.45, 2.75) is 57.3 Å². The summed E-state index contributed by atoms with van der Waals surface area (Å²) in [5.41, 5.74) is 0.459. The molecule has 1 aromatic rings. The Labute approximate surface area is 112 Å². The summed E-state index contributed by atoms with van der Waals surface area (Å²) in [4.78, 5) is 0. The number of halogens is 3. The molecule has 1 fully saturated rings. The molecule has 0 bridgehead atoms. The number of rotatable bonds is 3. The van der Waals surface area contributed by atoms with E-state index in [0.717, 1.165) is 30.5 Å². The van der Waals surface area contributed by atoms with Crippen molar-refractivity contribution < 1.29 is 13.2 Å². The smallest absolute Gasteiger partial charge is 0.307 e. The van der Waals surface area contributed by atoms with Gasteiger partial charge in [-0.05, 0) is 37.5 Å². The van der Waals surface area contributed by atoms with E-state index in [2.05, 4.69) is 12.2 Å². The number of alkyl halides is 3. The van der Waals surface area contributed by atoms with Crippen molar-refractivity contribution in [2.24, 2.45) is 0 Å². The molecule has 0 amide bonds. The van der Waals surface area contributed by atoms with Crippen LogP contribution in [-0.2, 0) is 12.7 Å². The first-order valence-corrected chi connectivity index (χ1v) is 6.80.